The Hall–Kier alpha value is -1.06. The van der Waals surface area contributed by atoms with Crippen LogP contribution < -0.4 is 0 Å². The molecule has 1 saturated heterocycles. The number of hydrogen-bond acceptors (Lipinski definition) is 4. The average molecular weight is 240 g/mol. The number of rotatable bonds is 2. The molecule has 0 unspecified atom stereocenters. The topological polar surface area (TPSA) is 52.6 Å². The van der Waals surface area contributed by atoms with Gasteiger partial charge in [0.15, 0.2) is 0 Å². The lowest BCUT2D eigenvalue weighted by Crippen LogP contribution is -2.41. The van der Waals surface area contributed by atoms with Crippen molar-refractivity contribution in [2.75, 3.05) is 0 Å². The van der Waals surface area contributed by atoms with Crippen molar-refractivity contribution >= 4 is 11.9 Å². The number of esters is 2. The molecule has 4 atom stereocenters. The first-order valence-corrected chi connectivity index (χ1v) is 6.26. The van der Waals surface area contributed by atoms with E-state index >= 15 is 0 Å². The molecule has 0 radical (unpaired) electrons. The van der Waals surface area contributed by atoms with Crippen molar-refractivity contribution in [2.45, 2.75) is 52.2 Å². The first-order chi connectivity index (χ1) is 7.82. The molecule has 2 fully saturated rings. The summed E-state index contributed by atoms with van der Waals surface area (Å²) in [5, 5.41) is 0. The monoisotopic (exact) mass is 240 g/mol. The molecule has 2 aliphatic rings. The summed E-state index contributed by atoms with van der Waals surface area (Å²) < 4.78 is 10.6. The number of ether oxygens (including phenoxy) is 2. The van der Waals surface area contributed by atoms with Gasteiger partial charge in [0, 0.05) is 6.42 Å². The second kappa shape index (κ2) is 4.00. The summed E-state index contributed by atoms with van der Waals surface area (Å²) in [5.41, 5.74) is -0.365. The molecule has 17 heavy (non-hydrogen) atoms. The van der Waals surface area contributed by atoms with Gasteiger partial charge in [-0.2, -0.15) is 0 Å². The van der Waals surface area contributed by atoms with Gasteiger partial charge in [-0.25, -0.2) is 0 Å². The van der Waals surface area contributed by atoms with Crippen LogP contribution in [0.5, 0.6) is 0 Å². The molecular weight excluding hydrogens is 220 g/mol. The Morgan fingerprint density at radius 1 is 1.47 bits per heavy atom. The van der Waals surface area contributed by atoms with Crippen molar-refractivity contribution in [1.82, 2.24) is 0 Å². The van der Waals surface area contributed by atoms with Gasteiger partial charge in [-0.15, -0.1) is 0 Å². The second-order valence-electron chi connectivity index (χ2n) is 5.87. The molecule has 0 aromatic rings. The van der Waals surface area contributed by atoms with Crippen molar-refractivity contribution in [3.8, 4) is 0 Å². The van der Waals surface area contributed by atoms with Gasteiger partial charge in [0.1, 0.15) is 5.60 Å². The van der Waals surface area contributed by atoms with Crippen LogP contribution in [0.2, 0.25) is 0 Å². The SMILES string of the molecule is CC(C)OC(=O)[C@@H]1[C@H](C)C[C@]2(C)C[C@H]1C(=O)O2. The first kappa shape index (κ1) is 12.4. The lowest BCUT2D eigenvalue weighted by Gasteiger charge is -2.35. The fourth-order valence-corrected chi connectivity index (χ4v) is 3.22. The van der Waals surface area contributed by atoms with Crippen LogP contribution in [0.4, 0.5) is 0 Å². The molecule has 1 aliphatic heterocycles. The molecular formula is C13H20O4. The highest BCUT2D eigenvalue weighted by molar-refractivity contribution is 5.84. The quantitative estimate of drug-likeness (QED) is 0.692. The summed E-state index contributed by atoms with van der Waals surface area (Å²) in [4.78, 5) is 23.8. The number of carbonyl (C=O) groups excluding carboxylic acids is 2. The van der Waals surface area contributed by atoms with Crippen LogP contribution >= 0.6 is 0 Å². The standard InChI is InChI=1S/C13H20O4/c1-7(2)16-12(15)10-8(3)5-13(4)6-9(10)11(14)17-13/h7-10H,5-6H2,1-4H3/t8-,9-,10-,13-/m1/s1. The van der Waals surface area contributed by atoms with Gasteiger partial charge < -0.3 is 9.47 Å². The molecule has 0 spiro atoms. The van der Waals surface area contributed by atoms with Gasteiger partial charge in [0.2, 0.25) is 0 Å². The third-order valence-electron chi connectivity index (χ3n) is 3.73. The van der Waals surface area contributed by atoms with Crippen LogP contribution in [0.1, 0.15) is 40.5 Å². The van der Waals surface area contributed by atoms with Gasteiger partial charge in [0.25, 0.3) is 0 Å². The highest BCUT2D eigenvalue weighted by Gasteiger charge is 2.56. The Morgan fingerprint density at radius 3 is 2.71 bits per heavy atom. The van der Waals surface area contributed by atoms with E-state index in [0.29, 0.717) is 6.42 Å². The van der Waals surface area contributed by atoms with Crippen molar-refractivity contribution in [3.63, 3.8) is 0 Å². The minimum atomic E-state index is -0.365. The maximum atomic E-state index is 12.0. The minimum Gasteiger partial charge on any atom is -0.463 e. The molecule has 1 saturated carbocycles. The number of carbonyl (C=O) groups is 2. The molecule has 0 amide bonds. The molecule has 0 N–H and O–H groups in total. The lowest BCUT2D eigenvalue weighted by molar-refractivity contribution is -0.160. The molecule has 1 heterocycles. The Kier molecular flexibility index (Phi) is 2.92. The third kappa shape index (κ3) is 2.17. The average Bonchev–Trinajstić information content (AvgIpc) is 2.35. The summed E-state index contributed by atoms with van der Waals surface area (Å²) in [6.45, 7) is 7.59. The van der Waals surface area contributed by atoms with E-state index < -0.39 is 0 Å². The van der Waals surface area contributed by atoms with Crippen molar-refractivity contribution in [1.29, 1.82) is 0 Å². The number of hydrogen-bond donors (Lipinski definition) is 0. The predicted molar refractivity (Wildman–Crippen MR) is 61.1 cm³/mol. The Balaban J connectivity index is 2.17. The summed E-state index contributed by atoms with van der Waals surface area (Å²) in [7, 11) is 0. The van der Waals surface area contributed by atoms with E-state index in [0.717, 1.165) is 6.42 Å². The summed E-state index contributed by atoms with van der Waals surface area (Å²) in [5.74, 6) is -0.993. The Bertz CT molecular complexity index is 349. The maximum absolute atomic E-state index is 12.0. The summed E-state index contributed by atoms with van der Waals surface area (Å²) in [6.07, 6.45) is 1.25. The first-order valence-electron chi connectivity index (χ1n) is 6.26. The van der Waals surface area contributed by atoms with Crippen LogP contribution in [-0.2, 0) is 19.1 Å². The van der Waals surface area contributed by atoms with Crippen molar-refractivity contribution in [2.24, 2.45) is 17.8 Å². The molecule has 4 heteroatoms. The molecule has 4 nitrogen and oxygen atoms in total. The minimum absolute atomic E-state index is 0.136. The van der Waals surface area contributed by atoms with E-state index in [1.54, 1.807) is 0 Å². The largest absolute Gasteiger partial charge is 0.463 e. The molecule has 0 aromatic carbocycles. The zero-order chi connectivity index (χ0) is 12.8. The molecule has 2 rings (SSSR count). The normalized spacial score (nSPS) is 40.3. The third-order valence-corrected chi connectivity index (χ3v) is 3.73. The van der Waals surface area contributed by atoms with Crippen LogP contribution in [-0.4, -0.2) is 23.6 Å². The predicted octanol–water partition coefficient (Wildman–Crippen LogP) is 1.92. The molecule has 96 valence electrons. The van der Waals surface area contributed by atoms with Crippen LogP contribution in [0.3, 0.4) is 0 Å². The second-order valence-corrected chi connectivity index (χ2v) is 5.87. The van der Waals surface area contributed by atoms with Gasteiger partial charge in [-0.05, 0) is 33.1 Å². The van der Waals surface area contributed by atoms with Gasteiger partial charge in [-0.3, -0.25) is 9.59 Å². The van der Waals surface area contributed by atoms with Crippen molar-refractivity contribution < 1.29 is 19.1 Å². The summed E-state index contributed by atoms with van der Waals surface area (Å²) in [6, 6.07) is 0. The van der Waals surface area contributed by atoms with Crippen molar-refractivity contribution in [3.05, 3.63) is 0 Å². The zero-order valence-corrected chi connectivity index (χ0v) is 10.9. The van der Waals surface area contributed by atoms with E-state index in [4.69, 9.17) is 9.47 Å². The number of fused-ring (bicyclic) bond motifs is 2. The van der Waals surface area contributed by atoms with Crippen LogP contribution in [0.15, 0.2) is 0 Å². The highest BCUT2D eigenvalue weighted by Crippen LogP contribution is 2.48. The van der Waals surface area contributed by atoms with Gasteiger partial charge in [-0.1, -0.05) is 6.92 Å². The zero-order valence-electron chi connectivity index (χ0n) is 10.9. The van der Waals surface area contributed by atoms with E-state index in [1.807, 2.05) is 27.7 Å². The van der Waals surface area contributed by atoms with E-state index in [-0.39, 0.29) is 41.4 Å². The summed E-state index contributed by atoms with van der Waals surface area (Å²) >= 11 is 0. The molecule has 0 aromatic heterocycles. The Labute approximate surface area is 102 Å². The van der Waals surface area contributed by atoms with Gasteiger partial charge in [0.05, 0.1) is 17.9 Å². The highest BCUT2D eigenvalue weighted by atomic mass is 16.6. The Morgan fingerprint density at radius 2 is 2.12 bits per heavy atom. The molecule has 2 bridgehead atoms. The van der Waals surface area contributed by atoms with E-state index in [2.05, 4.69) is 0 Å². The molecule has 1 aliphatic carbocycles. The smallest absolute Gasteiger partial charge is 0.310 e. The van der Waals surface area contributed by atoms with Crippen LogP contribution in [0.25, 0.3) is 0 Å². The van der Waals surface area contributed by atoms with Crippen LogP contribution in [0, 0.1) is 17.8 Å². The fraction of sp³-hybridized carbons (Fsp3) is 0.846. The van der Waals surface area contributed by atoms with E-state index in [1.165, 1.54) is 0 Å². The lowest BCUT2D eigenvalue weighted by atomic mass is 9.69. The fourth-order valence-electron chi connectivity index (χ4n) is 3.22. The van der Waals surface area contributed by atoms with E-state index in [9.17, 15) is 9.59 Å². The van der Waals surface area contributed by atoms with Gasteiger partial charge >= 0.3 is 11.9 Å². The maximum Gasteiger partial charge on any atom is 0.310 e.